The summed E-state index contributed by atoms with van der Waals surface area (Å²) in [5.41, 5.74) is -0.248. The highest BCUT2D eigenvalue weighted by atomic mass is 35.5. The number of nitrogens with zero attached hydrogens (tertiary/aromatic N) is 1. The minimum absolute atomic E-state index is 0.173. The maximum Gasteiger partial charge on any atom is 0.329 e. The van der Waals surface area contributed by atoms with E-state index in [1.807, 2.05) is 6.07 Å². The summed E-state index contributed by atoms with van der Waals surface area (Å²) in [6.45, 7) is 2.08. The van der Waals surface area contributed by atoms with Crippen LogP contribution in [0.3, 0.4) is 0 Å². The lowest BCUT2D eigenvalue weighted by Gasteiger charge is -2.47. The maximum absolute atomic E-state index is 12.0. The van der Waals surface area contributed by atoms with Crippen molar-refractivity contribution < 1.29 is 14.7 Å². The second kappa shape index (κ2) is 4.61. The van der Waals surface area contributed by atoms with Gasteiger partial charge in [-0.15, -0.1) is 0 Å². The zero-order chi connectivity index (χ0) is 13.3. The minimum Gasteiger partial charge on any atom is -0.480 e. The maximum atomic E-state index is 12.0. The number of carboxylic acid groups (broad SMARTS) is 1. The predicted octanol–water partition coefficient (Wildman–Crippen LogP) is 1.96. The molecule has 0 saturated carbocycles. The average molecular weight is 268 g/mol. The third-order valence-corrected chi connectivity index (χ3v) is 3.66. The Hall–Kier alpha value is -1.55. The molecule has 5 heteroatoms. The SMILES string of the molecule is CC1(C(=O)O)CCN1C(=O)Cc1cccc(Cl)c1. The number of benzene rings is 1. The lowest BCUT2D eigenvalue weighted by atomic mass is 9.86. The van der Waals surface area contributed by atoms with Crippen LogP contribution in [0.5, 0.6) is 0 Å². The van der Waals surface area contributed by atoms with E-state index >= 15 is 0 Å². The molecule has 96 valence electrons. The van der Waals surface area contributed by atoms with E-state index < -0.39 is 11.5 Å². The summed E-state index contributed by atoms with van der Waals surface area (Å²) in [4.78, 5) is 24.6. The molecule has 0 radical (unpaired) electrons. The summed E-state index contributed by atoms with van der Waals surface area (Å²) >= 11 is 5.84. The largest absolute Gasteiger partial charge is 0.480 e. The van der Waals surface area contributed by atoms with Crippen LogP contribution in [0, 0.1) is 0 Å². The summed E-state index contributed by atoms with van der Waals surface area (Å²) in [6, 6.07) is 7.04. The number of likely N-dealkylation sites (tertiary alicyclic amines) is 1. The van der Waals surface area contributed by atoms with Crippen molar-refractivity contribution >= 4 is 23.5 Å². The number of amides is 1. The van der Waals surface area contributed by atoms with Crippen molar-refractivity contribution in [3.8, 4) is 0 Å². The molecule has 1 N–H and O–H groups in total. The van der Waals surface area contributed by atoms with Gasteiger partial charge < -0.3 is 10.0 Å². The fourth-order valence-electron chi connectivity index (χ4n) is 2.10. The number of hydrogen-bond acceptors (Lipinski definition) is 2. The van der Waals surface area contributed by atoms with Crippen LogP contribution >= 0.6 is 11.6 Å². The van der Waals surface area contributed by atoms with Gasteiger partial charge in [0.2, 0.25) is 5.91 Å². The van der Waals surface area contributed by atoms with Crippen LogP contribution in [0.4, 0.5) is 0 Å². The molecule has 1 fully saturated rings. The summed E-state index contributed by atoms with van der Waals surface area (Å²) in [6.07, 6.45) is 0.688. The van der Waals surface area contributed by atoms with Gasteiger partial charge in [-0.3, -0.25) is 4.79 Å². The number of rotatable bonds is 3. The Kier molecular flexibility index (Phi) is 3.30. The molecule has 1 atom stereocenters. The predicted molar refractivity (Wildman–Crippen MR) is 67.5 cm³/mol. The highest BCUT2D eigenvalue weighted by Gasteiger charge is 2.49. The Balaban J connectivity index is 2.08. The Labute approximate surface area is 110 Å². The van der Waals surface area contributed by atoms with Gasteiger partial charge in [0.05, 0.1) is 6.42 Å². The van der Waals surface area contributed by atoms with Gasteiger partial charge in [0, 0.05) is 11.6 Å². The van der Waals surface area contributed by atoms with Crippen molar-refractivity contribution in [3.63, 3.8) is 0 Å². The number of carbonyl (C=O) groups excluding carboxylic acids is 1. The molecule has 4 nitrogen and oxygen atoms in total. The van der Waals surface area contributed by atoms with Gasteiger partial charge in [-0.25, -0.2) is 4.79 Å². The number of carbonyl (C=O) groups is 2. The zero-order valence-electron chi connectivity index (χ0n) is 10.0. The van der Waals surface area contributed by atoms with Crippen LogP contribution in [0.15, 0.2) is 24.3 Å². The molecular weight excluding hydrogens is 254 g/mol. The van der Waals surface area contributed by atoms with Crippen LogP contribution in [0.25, 0.3) is 0 Å². The molecule has 1 aromatic carbocycles. The first-order valence-electron chi connectivity index (χ1n) is 5.72. The quantitative estimate of drug-likeness (QED) is 0.911. The van der Waals surface area contributed by atoms with Crippen molar-refractivity contribution in [3.05, 3.63) is 34.9 Å². The van der Waals surface area contributed by atoms with E-state index in [1.165, 1.54) is 4.90 Å². The molecule has 0 spiro atoms. The summed E-state index contributed by atoms with van der Waals surface area (Å²) in [5.74, 6) is -1.12. The third kappa shape index (κ3) is 2.20. The van der Waals surface area contributed by atoms with Crippen molar-refractivity contribution in [1.82, 2.24) is 4.90 Å². The molecule has 1 amide bonds. The fourth-order valence-corrected chi connectivity index (χ4v) is 2.31. The number of aliphatic carboxylic acids is 1. The highest BCUT2D eigenvalue weighted by Crippen LogP contribution is 2.31. The molecule has 18 heavy (non-hydrogen) atoms. The van der Waals surface area contributed by atoms with E-state index in [9.17, 15) is 9.59 Å². The van der Waals surface area contributed by atoms with Crippen LogP contribution in [-0.2, 0) is 16.0 Å². The van der Waals surface area contributed by atoms with Crippen LogP contribution in [0.2, 0.25) is 5.02 Å². The molecule has 1 aliphatic heterocycles. The average Bonchev–Trinajstić information content (AvgIpc) is 2.26. The molecule has 0 bridgehead atoms. The number of carboxylic acids is 1. The fraction of sp³-hybridized carbons (Fsp3) is 0.385. The van der Waals surface area contributed by atoms with Crippen molar-refractivity contribution in [2.75, 3.05) is 6.54 Å². The molecule has 1 aromatic rings. The summed E-state index contributed by atoms with van der Waals surface area (Å²) < 4.78 is 0. The van der Waals surface area contributed by atoms with E-state index in [0.717, 1.165) is 5.56 Å². The van der Waals surface area contributed by atoms with Crippen LogP contribution in [-0.4, -0.2) is 34.0 Å². The Morgan fingerprint density at radius 2 is 2.22 bits per heavy atom. The number of halogens is 1. The number of hydrogen-bond donors (Lipinski definition) is 1. The molecule has 1 aliphatic rings. The minimum atomic E-state index is -1.05. The van der Waals surface area contributed by atoms with E-state index in [2.05, 4.69) is 0 Å². The lowest BCUT2D eigenvalue weighted by Crippen LogP contribution is -2.64. The standard InChI is InChI=1S/C13H14ClNO3/c1-13(12(17)18)5-6-15(13)11(16)8-9-3-2-4-10(14)7-9/h2-4,7H,5-6,8H2,1H3,(H,17,18). The molecule has 2 rings (SSSR count). The third-order valence-electron chi connectivity index (χ3n) is 3.42. The summed E-state index contributed by atoms with van der Waals surface area (Å²) in [7, 11) is 0. The van der Waals surface area contributed by atoms with Crippen molar-refractivity contribution in [1.29, 1.82) is 0 Å². The first-order chi connectivity index (χ1) is 8.43. The molecule has 0 aliphatic carbocycles. The van der Waals surface area contributed by atoms with Crippen molar-refractivity contribution in [2.24, 2.45) is 0 Å². The molecule has 0 aromatic heterocycles. The molecule has 1 saturated heterocycles. The lowest BCUT2D eigenvalue weighted by molar-refractivity contribution is -0.168. The van der Waals surface area contributed by atoms with Crippen molar-refractivity contribution in [2.45, 2.75) is 25.3 Å². The topological polar surface area (TPSA) is 57.6 Å². The van der Waals surface area contributed by atoms with Crippen LogP contribution < -0.4 is 0 Å². The monoisotopic (exact) mass is 267 g/mol. The second-order valence-corrected chi connectivity index (χ2v) is 5.12. The van der Waals surface area contributed by atoms with Gasteiger partial charge in [0.1, 0.15) is 5.54 Å². The Morgan fingerprint density at radius 1 is 1.50 bits per heavy atom. The van der Waals surface area contributed by atoms with E-state index in [1.54, 1.807) is 25.1 Å². The molecular formula is C13H14ClNO3. The smallest absolute Gasteiger partial charge is 0.329 e. The molecule has 1 heterocycles. The van der Waals surface area contributed by atoms with Gasteiger partial charge in [-0.05, 0) is 31.0 Å². The normalized spacial score (nSPS) is 22.4. The Morgan fingerprint density at radius 3 is 2.72 bits per heavy atom. The van der Waals surface area contributed by atoms with E-state index in [0.29, 0.717) is 18.0 Å². The van der Waals surface area contributed by atoms with Gasteiger partial charge in [-0.1, -0.05) is 23.7 Å². The van der Waals surface area contributed by atoms with Gasteiger partial charge >= 0.3 is 5.97 Å². The van der Waals surface area contributed by atoms with E-state index in [-0.39, 0.29) is 12.3 Å². The first kappa shape index (κ1) is 12.9. The van der Waals surface area contributed by atoms with Gasteiger partial charge in [0.25, 0.3) is 0 Å². The first-order valence-corrected chi connectivity index (χ1v) is 6.09. The van der Waals surface area contributed by atoms with Gasteiger partial charge in [-0.2, -0.15) is 0 Å². The van der Waals surface area contributed by atoms with Gasteiger partial charge in [0.15, 0.2) is 0 Å². The molecule has 1 unspecified atom stereocenters. The van der Waals surface area contributed by atoms with E-state index in [4.69, 9.17) is 16.7 Å². The zero-order valence-corrected chi connectivity index (χ0v) is 10.8. The second-order valence-electron chi connectivity index (χ2n) is 4.68. The van der Waals surface area contributed by atoms with Crippen LogP contribution in [0.1, 0.15) is 18.9 Å². The Bertz CT molecular complexity index is 503. The highest BCUT2D eigenvalue weighted by molar-refractivity contribution is 6.30. The summed E-state index contributed by atoms with van der Waals surface area (Å²) in [5, 5.41) is 9.68.